The molecule has 0 spiro atoms. The van der Waals surface area contributed by atoms with Crippen LogP contribution in [0.1, 0.15) is 44.1 Å². The van der Waals surface area contributed by atoms with Crippen molar-refractivity contribution in [1.29, 1.82) is 0 Å². The molecule has 1 fully saturated rings. The minimum absolute atomic E-state index is 0.332. The van der Waals surface area contributed by atoms with Gasteiger partial charge in [-0.25, -0.2) is 0 Å². The first-order chi connectivity index (χ1) is 11.2. The fraction of sp³-hybridized carbons (Fsp3) is 0.556. The molecule has 0 radical (unpaired) electrons. The Bertz CT molecular complexity index is 508. The number of benzene rings is 1. The van der Waals surface area contributed by atoms with E-state index < -0.39 is 11.8 Å². The van der Waals surface area contributed by atoms with Crippen molar-refractivity contribution in [1.82, 2.24) is 10.6 Å². The lowest BCUT2D eigenvalue weighted by molar-refractivity contribution is -0.139. The van der Waals surface area contributed by atoms with E-state index in [1.165, 1.54) is 32.1 Å². The van der Waals surface area contributed by atoms with Crippen LogP contribution in [0, 0.1) is 5.92 Å². The van der Waals surface area contributed by atoms with E-state index in [1.807, 2.05) is 24.3 Å². The van der Waals surface area contributed by atoms with Crippen molar-refractivity contribution >= 4 is 11.8 Å². The molecule has 5 nitrogen and oxygen atoms in total. The van der Waals surface area contributed by atoms with Gasteiger partial charge in [-0.05, 0) is 30.0 Å². The summed E-state index contributed by atoms with van der Waals surface area (Å²) >= 11 is 0. The predicted molar refractivity (Wildman–Crippen MR) is 89.0 cm³/mol. The van der Waals surface area contributed by atoms with Crippen molar-refractivity contribution in [3.8, 4) is 5.75 Å². The smallest absolute Gasteiger partial charge is 0.309 e. The number of methoxy groups -OCH3 is 1. The van der Waals surface area contributed by atoms with Crippen molar-refractivity contribution in [3.63, 3.8) is 0 Å². The summed E-state index contributed by atoms with van der Waals surface area (Å²) in [5, 5.41) is 5.35. The van der Waals surface area contributed by atoms with Crippen LogP contribution in [0.2, 0.25) is 0 Å². The van der Waals surface area contributed by atoms with Gasteiger partial charge in [0.1, 0.15) is 5.75 Å². The summed E-state index contributed by atoms with van der Waals surface area (Å²) in [6, 6.07) is 7.37. The second kappa shape index (κ2) is 9.18. The van der Waals surface area contributed by atoms with E-state index in [0.29, 0.717) is 19.0 Å². The van der Waals surface area contributed by atoms with Crippen molar-refractivity contribution in [2.75, 3.05) is 13.7 Å². The second-order valence-corrected chi connectivity index (χ2v) is 6.08. The third-order valence-corrected chi connectivity index (χ3v) is 4.38. The van der Waals surface area contributed by atoms with Crippen LogP contribution in [-0.2, 0) is 16.1 Å². The molecule has 1 aliphatic carbocycles. The molecule has 0 atom stereocenters. The number of ether oxygens (including phenoxy) is 1. The Hall–Kier alpha value is -2.04. The fourth-order valence-corrected chi connectivity index (χ4v) is 2.95. The van der Waals surface area contributed by atoms with Gasteiger partial charge in [-0.15, -0.1) is 0 Å². The standard InChI is InChI=1S/C18H26N2O3/c1-23-16-9-7-15(8-10-16)13-20-18(22)17(21)19-12-11-14-5-3-2-4-6-14/h7-10,14H,2-6,11-13H2,1H3,(H,19,21)(H,20,22). The molecular formula is C18H26N2O3. The molecule has 1 aliphatic rings. The van der Waals surface area contributed by atoms with E-state index in [4.69, 9.17) is 4.74 Å². The molecule has 126 valence electrons. The van der Waals surface area contributed by atoms with Crippen molar-refractivity contribution in [3.05, 3.63) is 29.8 Å². The van der Waals surface area contributed by atoms with Gasteiger partial charge in [-0.1, -0.05) is 44.2 Å². The third-order valence-electron chi connectivity index (χ3n) is 4.38. The topological polar surface area (TPSA) is 67.4 Å². The summed E-state index contributed by atoms with van der Waals surface area (Å²) in [6.07, 6.45) is 7.38. The SMILES string of the molecule is COc1ccc(CNC(=O)C(=O)NCCC2CCCCC2)cc1. The Kier molecular flexibility index (Phi) is 6.91. The van der Waals surface area contributed by atoms with Gasteiger partial charge in [0.2, 0.25) is 0 Å². The average Bonchev–Trinajstić information content (AvgIpc) is 2.61. The minimum Gasteiger partial charge on any atom is -0.497 e. The van der Waals surface area contributed by atoms with Crippen LogP contribution in [0.4, 0.5) is 0 Å². The molecule has 5 heteroatoms. The molecule has 0 aromatic heterocycles. The summed E-state index contributed by atoms with van der Waals surface area (Å²) in [5.41, 5.74) is 0.925. The highest BCUT2D eigenvalue weighted by Gasteiger charge is 2.16. The molecule has 23 heavy (non-hydrogen) atoms. The van der Waals surface area contributed by atoms with E-state index >= 15 is 0 Å². The van der Waals surface area contributed by atoms with Gasteiger partial charge < -0.3 is 15.4 Å². The number of hydrogen-bond donors (Lipinski definition) is 2. The number of rotatable bonds is 6. The van der Waals surface area contributed by atoms with Gasteiger partial charge in [-0.3, -0.25) is 9.59 Å². The highest BCUT2D eigenvalue weighted by Crippen LogP contribution is 2.25. The predicted octanol–water partition coefficient (Wildman–Crippen LogP) is 2.40. The lowest BCUT2D eigenvalue weighted by Crippen LogP contribution is -2.40. The summed E-state index contributed by atoms with van der Waals surface area (Å²) in [6.45, 7) is 0.915. The van der Waals surface area contributed by atoms with E-state index in [-0.39, 0.29) is 0 Å². The number of carbonyl (C=O) groups excluding carboxylic acids is 2. The number of amides is 2. The van der Waals surface area contributed by atoms with Crippen LogP contribution in [0.15, 0.2) is 24.3 Å². The van der Waals surface area contributed by atoms with Gasteiger partial charge in [0.25, 0.3) is 0 Å². The van der Waals surface area contributed by atoms with Gasteiger partial charge in [0.15, 0.2) is 0 Å². The second-order valence-electron chi connectivity index (χ2n) is 6.08. The monoisotopic (exact) mass is 318 g/mol. The summed E-state index contributed by atoms with van der Waals surface area (Å²) in [7, 11) is 1.61. The molecule has 0 bridgehead atoms. The van der Waals surface area contributed by atoms with Crippen LogP contribution in [-0.4, -0.2) is 25.5 Å². The summed E-state index contributed by atoms with van der Waals surface area (Å²) in [5.74, 6) is 0.339. The molecule has 0 aliphatic heterocycles. The fourth-order valence-electron chi connectivity index (χ4n) is 2.95. The minimum atomic E-state index is -0.579. The largest absolute Gasteiger partial charge is 0.497 e. The molecule has 0 saturated heterocycles. The highest BCUT2D eigenvalue weighted by molar-refractivity contribution is 6.35. The average molecular weight is 318 g/mol. The first kappa shape index (κ1) is 17.3. The van der Waals surface area contributed by atoms with Crippen LogP contribution < -0.4 is 15.4 Å². The van der Waals surface area contributed by atoms with Gasteiger partial charge in [-0.2, -0.15) is 0 Å². The molecular weight excluding hydrogens is 292 g/mol. The first-order valence-electron chi connectivity index (χ1n) is 8.38. The molecule has 1 aromatic carbocycles. The number of carbonyl (C=O) groups is 2. The van der Waals surface area contributed by atoms with Crippen LogP contribution >= 0.6 is 0 Å². The number of hydrogen-bond acceptors (Lipinski definition) is 3. The number of nitrogens with one attached hydrogen (secondary N) is 2. The van der Waals surface area contributed by atoms with Gasteiger partial charge >= 0.3 is 11.8 Å². The van der Waals surface area contributed by atoms with Crippen LogP contribution in [0.3, 0.4) is 0 Å². The molecule has 0 unspecified atom stereocenters. The normalized spacial score (nSPS) is 15.0. The molecule has 2 rings (SSSR count). The lowest BCUT2D eigenvalue weighted by Gasteiger charge is -2.21. The van der Waals surface area contributed by atoms with Gasteiger partial charge in [0.05, 0.1) is 7.11 Å². The van der Waals surface area contributed by atoms with Crippen molar-refractivity contribution in [2.24, 2.45) is 5.92 Å². The van der Waals surface area contributed by atoms with E-state index in [2.05, 4.69) is 10.6 Å². The van der Waals surface area contributed by atoms with Crippen LogP contribution in [0.5, 0.6) is 5.75 Å². The molecule has 1 aromatic rings. The quantitative estimate of drug-likeness (QED) is 0.792. The Morgan fingerprint density at radius 2 is 1.70 bits per heavy atom. The highest BCUT2D eigenvalue weighted by atomic mass is 16.5. The maximum atomic E-state index is 11.8. The van der Waals surface area contributed by atoms with E-state index in [1.54, 1.807) is 7.11 Å². The van der Waals surface area contributed by atoms with E-state index in [0.717, 1.165) is 17.7 Å². The van der Waals surface area contributed by atoms with Gasteiger partial charge in [0, 0.05) is 13.1 Å². The molecule has 2 N–H and O–H groups in total. The van der Waals surface area contributed by atoms with E-state index in [9.17, 15) is 9.59 Å². The third kappa shape index (κ3) is 5.93. The lowest BCUT2D eigenvalue weighted by atomic mass is 9.87. The zero-order valence-electron chi connectivity index (χ0n) is 13.8. The zero-order valence-corrected chi connectivity index (χ0v) is 13.8. The Morgan fingerprint density at radius 3 is 2.35 bits per heavy atom. The van der Waals surface area contributed by atoms with Crippen molar-refractivity contribution < 1.29 is 14.3 Å². The van der Waals surface area contributed by atoms with Crippen molar-refractivity contribution in [2.45, 2.75) is 45.1 Å². The Morgan fingerprint density at radius 1 is 1.04 bits per heavy atom. The Balaban J connectivity index is 1.64. The first-order valence-corrected chi connectivity index (χ1v) is 8.38. The summed E-state index contributed by atoms with van der Waals surface area (Å²) < 4.78 is 5.08. The Labute approximate surface area is 137 Å². The molecule has 1 saturated carbocycles. The molecule has 2 amide bonds. The van der Waals surface area contributed by atoms with Crippen LogP contribution in [0.25, 0.3) is 0 Å². The summed E-state index contributed by atoms with van der Waals surface area (Å²) in [4.78, 5) is 23.5. The molecule has 0 heterocycles. The zero-order chi connectivity index (χ0) is 16.5. The maximum absolute atomic E-state index is 11.8. The maximum Gasteiger partial charge on any atom is 0.309 e.